The average Bonchev–Trinajstić information content (AvgIpc) is 2.72. The van der Waals surface area contributed by atoms with E-state index >= 15 is 0 Å². The van der Waals surface area contributed by atoms with Crippen molar-refractivity contribution in [1.82, 2.24) is 9.97 Å². The predicted molar refractivity (Wildman–Crippen MR) is 70.0 cm³/mol. The third-order valence-electron chi connectivity index (χ3n) is 3.59. The zero-order valence-electron chi connectivity index (χ0n) is 9.75. The number of carbonyl (C=O) groups is 1. The summed E-state index contributed by atoms with van der Waals surface area (Å²) in [5.41, 5.74) is 1.71. The molecule has 2 aromatic rings. The SMILES string of the molecule is CC1(C)CC1C(=O)c1c[nH]c2ncc(Br)cc12. The summed E-state index contributed by atoms with van der Waals surface area (Å²) >= 11 is 3.39. The minimum absolute atomic E-state index is 0.167. The van der Waals surface area contributed by atoms with Crippen LogP contribution in [0.2, 0.25) is 0 Å². The number of rotatable bonds is 2. The standard InChI is InChI=1S/C13H13BrN2O/c1-13(2)4-10(13)11(17)9-6-16-12-8(9)3-7(14)5-15-12/h3,5-6,10H,4H2,1-2H3,(H,15,16). The quantitative estimate of drug-likeness (QED) is 0.861. The Kier molecular flexibility index (Phi) is 2.20. The van der Waals surface area contributed by atoms with Gasteiger partial charge in [0.2, 0.25) is 0 Å². The average molecular weight is 293 g/mol. The van der Waals surface area contributed by atoms with Gasteiger partial charge in [-0.1, -0.05) is 13.8 Å². The molecule has 2 heterocycles. The number of Topliss-reactive ketones (excluding diaryl/α,β-unsaturated/α-hetero) is 1. The van der Waals surface area contributed by atoms with Crippen molar-refractivity contribution < 1.29 is 4.79 Å². The summed E-state index contributed by atoms with van der Waals surface area (Å²) in [6.07, 6.45) is 4.49. The number of nitrogens with one attached hydrogen (secondary N) is 1. The molecule has 17 heavy (non-hydrogen) atoms. The Balaban J connectivity index is 2.06. The van der Waals surface area contributed by atoms with Gasteiger partial charge in [0.05, 0.1) is 0 Å². The highest BCUT2D eigenvalue weighted by Crippen LogP contribution is 2.53. The molecule has 0 spiro atoms. The maximum Gasteiger partial charge on any atom is 0.168 e. The molecule has 1 atom stereocenters. The number of hydrogen-bond donors (Lipinski definition) is 1. The fourth-order valence-electron chi connectivity index (χ4n) is 2.28. The van der Waals surface area contributed by atoms with Crippen molar-refractivity contribution in [2.45, 2.75) is 20.3 Å². The number of ketones is 1. The van der Waals surface area contributed by atoms with Crippen LogP contribution in [0.5, 0.6) is 0 Å². The summed E-state index contributed by atoms with van der Waals surface area (Å²) in [5.74, 6) is 0.404. The van der Waals surface area contributed by atoms with Crippen molar-refractivity contribution >= 4 is 32.7 Å². The van der Waals surface area contributed by atoms with E-state index in [9.17, 15) is 4.79 Å². The Labute approximate surface area is 108 Å². The normalized spacial score (nSPS) is 21.7. The van der Waals surface area contributed by atoms with Crippen molar-refractivity contribution in [2.24, 2.45) is 11.3 Å². The number of nitrogens with zero attached hydrogens (tertiary/aromatic N) is 1. The lowest BCUT2D eigenvalue weighted by atomic mass is 10.0. The first-order valence-electron chi connectivity index (χ1n) is 5.66. The lowest BCUT2D eigenvalue weighted by Crippen LogP contribution is -2.05. The summed E-state index contributed by atoms with van der Waals surface area (Å²) in [7, 11) is 0. The first-order chi connectivity index (χ1) is 7.99. The van der Waals surface area contributed by atoms with Gasteiger partial charge in [-0.3, -0.25) is 4.79 Å². The van der Waals surface area contributed by atoms with E-state index in [4.69, 9.17) is 0 Å². The molecule has 1 saturated carbocycles. The van der Waals surface area contributed by atoms with E-state index in [-0.39, 0.29) is 17.1 Å². The van der Waals surface area contributed by atoms with Gasteiger partial charge >= 0.3 is 0 Å². The molecule has 1 aliphatic carbocycles. The molecule has 1 fully saturated rings. The molecule has 3 nitrogen and oxygen atoms in total. The van der Waals surface area contributed by atoms with Gasteiger partial charge in [-0.2, -0.15) is 0 Å². The summed E-state index contributed by atoms with van der Waals surface area (Å²) in [6, 6.07) is 1.95. The predicted octanol–water partition coefficient (Wildman–Crippen LogP) is 3.55. The zero-order chi connectivity index (χ0) is 12.2. The van der Waals surface area contributed by atoms with Gasteiger partial charge in [0.1, 0.15) is 5.65 Å². The van der Waals surface area contributed by atoms with E-state index in [1.165, 1.54) is 0 Å². The van der Waals surface area contributed by atoms with Crippen molar-refractivity contribution in [3.05, 3.63) is 28.5 Å². The van der Waals surface area contributed by atoms with Gasteiger partial charge in [-0.25, -0.2) is 4.98 Å². The molecule has 1 unspecified atom stereocenters. The maximum absolute atomic E-state index is 12.3. The molecule has 0 radical (unpaired) electrons. The lowest BCUT2D eigenvalue weighted by Gasteiger charge is -2.01. The number of hydrogen-bond acceptors (Lipinski definition) is 2. The highest BCUT2D eigenvalue weighted by atomic mass is 79.9. The van der Waals surface area contributed by atoms with Crippen molar-refractivity contribution in [2.75, 3.05) is 0 Å². The highest BCUT2D eigenvalue weighted by Gasteiger charge is 2.50. The Morgan fingerprint density at radius 3 is 2.94 bits per heavy atom. The Hall–Kier alpha value is -1.16. The molecular formula is C13H13BrN2O. The summed E-state index contributed by atoms with van der Waals surface area (Å²) in [5, 5.41) is 0.909. The fourth-order valence-corrected chi connectivity index (χ4v) is 2.62. The molecule has 88 valence electrons. The van der Waals surface area contributed by atoms with Crippen molar-refractivity contribution in [3.63, 3.8) is 0 Å². The highest BCUT2D eigenvalue weighted by molar-refractivity contribution is 9.10. The molecule has 1 aliphatic rings. The number of H-pyrrole nitrogens is 1. The summed E-state index contributed by atoms with van der Waals surface area (Å²) < 4.78 is 0.897. The van der Waals surface area contributed by atoms with Crippen LogP contribution >= 0.6 is 15.9 Å². The smallest absolute Gasteiger partial charge is 0.168 e. The lowest BCUT2D eigenvalue weighted by molar-refractivity contribution is 0.0955. The monoisotopic (exact) mass is 292 g/mol. The second-order valence-corrected chi connectivity index (χ2v) is 6.28. The zero-order valence-corrected chi connectivity index (χ0v) is 11.3. The van der Waals surface area contributed by atoms with Crippen LogP contribution in [0.1, 0.15) is 30.6 Å². The van der Waals surface area contributed by atoms with Crippen LogP contribution in [0.3, 0.4) is 0 Å². The Bertz CT molecular complexity index is 615. The van der Waals surface area contributed by atoms with Crippen LogP contribution in [-0.2, 0) is 0 Å². The topological polar surface area (TPSA) is 45.8 Å². The van der Waals surface area contributed by atoms with Gasteiger partial charge < -0.3 is 4.98 Å². The molecule has 0 aromatic carbocycles. The van der Waals surface area contributed by atoms with Crippen molar-refractivity contribution in [3.8, 4) is 0 Å². The maximum atomic E-state index is 12.3. The van der Waals surface area contributed by atoms with Gasteiger partial charge in [0.15, 0.2) is 5.78 Å². The van der Waals surface area contributed by atoms with E-state index in [1.807, 2.05) is 6.07 Å². The van der Waals surface area contributed by atoms with Gasteiger partial charge in [0, 0.05) is 33.7 Å². The molecule has 2 aromatic heterocycles. The number of fused-ring (bicyclic) bond motifs is 1. The summed E-state index contributed by atoms with van der Waals surface area (Å²) in [6.45, 7) is 4.27. The minimum Gasteiger partial charge on any atom is -0.345 e. The Morgan fingerprint density at radius 1 is 1.59 bits per heavy atom. The van der Waals surface area contributed by atoms with Crippen LogP contribution in [0.25, 0.3) is 11.0 Å². The van der Waals surface area contributed by atoms with Gasteiger partial charge in [-0.05, 0) is 33.8 Å². The first-order valence-corrected chi connectivity index (χ1v) is 6.45. The van der Waals surface area contributed by atoms with E-state index in [1.54, 1.807) is 12.4 Å². The molecular weight excluding hydrogens is 280 g/mol. The van der Waals surface area contributed by atoms with Gasteiger partial charge in [-0.15, -0.1) is 0 Å². The van der Waals surface area contributed by atoms with Crippen LogP contribution in [0, 0.1) is 11.3 Å². The minimum atomic E-state index is 0.167. The van der Waals surface area contributed by atoms with Gasteiger partial charge in [0.25, 0.3) is 0 Å². The van der Waals surface area contributed by atoms with E-state index in [0.29, 0.717) is 0 Å². The molecule has 0 saturated heterocycles. The molecule has 3 rings (SSSR count). The van der Waals surface area contributed by atoms with Crippen molar-refractivity contribution in [1.29, 1.82) is 0 Å². The fraction of sp³-hybridized carbons (Fsp3) is 0.385. The second kappa shape index (κ2) is 3.42. The number of carbonyl (C=O) groups excluding carboxylic acids is 1. The van der Waals surface area contributed by atoms with Crippen LogP contribution < -0.4 is 0 Å². The molecule has 0 amide bonds. The molecule has 0 aliphatic heterocycles. The van der Waals surface area contributed by atoms with Crippen LogP contribution in [0.15, 0.2) is 22.9 Å². The third kappa shape index (κ3) is 1.71. The molecule has 0 bridgehead atoms. The van der Waals surface area contributed by atoms with E-state index in [2.05, 4.69) is 39.7 Å². The number of halogens is 1. The first kappa shape index (κ1) is 11.0. The number of aromatic nitrogens is 2. The van der Waals surface area contributed by atoms with Crippen LogP contribution in [-0.4, -0.2) is 15.8 Å². The third-order valence-corrected chi connectivity index (χ3v) is 4.03. The molecule has 1 N–H and O–H groups in total. The largest absolute Gasteiger partial charge is 0.345 e. The Morgan fingerprint density at radius 2 is 2.29 bits per heavy atom. The number of aromatic amines is 1. The second-order valence-electron chi connectivity index (χ2n) is 5.36. The molecule has 4 heteroatoms. The number of pyridine rings is 1. The summed E-state index contributed by atoms with van der Waals surface area (Å²) in [4.78, 5) is 19.6. The van der Waals surface area contributed by atoms with Crippen LogP contribution in [0.4, 0.5) is 0 Å². The van der Waals surface area contributed by atoms with E-state index in [0.717, 1.165) is 27.5 Å². The van der Waals surface area contributed by atoms with E-state index < -0.39 is 0 Å².